The molecule has 0 spiro atoms. The van der Waals surface area contributed by atoms with E-state index in [1.165, 1.54) is 0 Å². The number of hydrogen-bond donors (Lipinski definition) is 2. The maximum absolute atomic E-state index is 11.2. The molecule has 4 nitrogen and oxygen atoms in total. The van der Waals surface area contributed by atoms with Crippen LogP contribution >= 0.6 is 0 Å². The monoisotopic (exact) mass is 179 g/mol. The molecule has 1 aliphatic rings. The quantitative estimate of drug-likeness (QED) is 0.553. The topological polar surface area (TPSA) is 66.4 Å². The van der Waals surface area contributed by atoms with Gasteiger partial charge in [-0.15, -0.1) is 0 Å². The molecule has 0 aromatic rings. The van der Waals surface area contributed by atoms with Crippen molar-refractivity contribution >= 4 is 9.84 Å². The average molecular weight is 179 g/mol. The van der Waals surface area contributed by atoms with Crippen molar-refractivity contribution in [2.45, 2.75) is 31.1 Å². The first-order chi connectivity index (χ1) is 5.08. The van der Waals surface area contributed by atoms with Gasteiger partial charge in [0.05, 0.1) is 11.0 Å². The van der Waals surface area contributed by atoms with Crippen LogP contribution in [-0.4, -0.2) is 30.7 Å². The maximum atomic E-state index is 11.2. The summed E-state index contributed by atoms with van der Waals surface area (Å²) in [6.45, 7) is 1.63. The summed E-state index contributed by atoms with van der Waals surface area (Å²) in [4.78, 5) is 0. The Balaban J connectivity index is 2.76. The van der Waals surface area contributed by atoms with E-state index in [1.54, 1.807) is 6.92 Å². The first kappa shape index (κ1) is 8.96. The normalized spacial score (nSPS) is 36.9. The van der Waals surface area contributed by atoms with Crippen LogP contribution in [0.3, 0.4) is 0 Å². The second-order valence-corrected chi connectivity index (χ2v) is 5.43. The molecule has 0 amide bonds. The Morgan fingerprint density at radius 1 is 1.55 bits per heavy atom. The number of nitrogens with one attached hydrogen (secondary N) is 1. The number of hydroxylamine groups is 1. The van der Waals surface area contributed by atoms with Gasteiger partial charge in [0, 0.05) is 6.04 Å². The Labute approximate surface area is 66.5 Å². The van der Waals surface area contributed by atoms with Gasteiger partial charge in [0.2, 0.25) is 0 Å². The molecular weight excluding hydrogens is 166 g/mol. The van der Waals surface area contributed by atoms with E-state index in [-0.39, 0.29) is 11.8 Å². The third kappa shape index (κ3) is 1.72. The zero-order valence-electron chi connectivity index (χ0n) is 6.45. The molecule has 0 radical (unpaired) electrons. The van der Waals surface area contributed by atoms with Crippen molar-refractivity contribution in [3.05, 3.63) is 0 Å². The van der Waals surface area contributed by atoms with Crippen molar-refractivity contribution < 1.29 is 13.6 Å². The van der Waals surface area contributed by atoms with E-state index < -0.39 is 15.1 Å². The van der Waals surface area contributed by atoms with Gasteiger partial charge < -0.3 is 5.21 Å². The smallest absolute Gasteiger partial charge is 0.154 e. The second-order valence-electron chi connectivity index (χ2n) is 2.95. The van der Waals surface area contributed by atoms with E-state index in [0.717, 1.165) is 6.42 Å². The molecule has 66 valence electrons. The first-order valence-corrected chi connectivity index (χ1v) is 5.40. The third-order valence-corrected chi connectivity index (χ3v) is 4.56. The van der Waals surface area contributed by atoms with Crippen molar-refractivity contribution in [1.82, 2.24) is 5.48 Å². The second kappa shape index (κ2) is 3.08. The fourth-order valence-corrected chi connectivity index (χ4v) is 2.98. The molecule has 2 unspecified atom stereocenters. The summed E-state index contributed by atoms with van der Waals surface area (Å²) in [6.07, 6.45) is 1.38. The highest BCUT2D eigenvalue weighted by Crippen LogP contribution is 2.18. The molecule has 1 rings (SSSR count). The molecule has 2 atom stereocenters. The highest BCUT2D eigenvalue weighted by atomic mass is 32.2. The van der Waals surface area contributed by atoms with Gasteiger partial charge in [0.1, 0.15) is 0 Å². The zero-order valence-corrected chi connectivity index (χ0v) is 7.26. The van der Waals surface area contributed by atoms with Crippen LogP contribution in [0.15, 0.2) is 0 Å². The van der Waals surface area contributed by atoms with Crippen molar-refractivity contribution in [2.24, 2.45) is 0 Å². The Kier molecular flexibility index (Phi) is 2.51. The van der Waals surface area contributed by atoms with Gasteiger partial charge in [-0.2, -0.15) is 0 Å². The molecule has 11 heavy (non-hydrogen) atoms. The van der Waals surface area contributed by atoms with Crippen molar-refractivity contribution in [3.8, 4) is 0 Å². The molecular formula is C6H13NO3S. The van der Waals surface area contributed by atoms with E-state index >= 15 is 0 Å². The Morgan fingerprint density at radius 3 is 2.64 bits per heavy atom. The molecule has 2 N–H and O–H groups in total. The molecule has 0 saturated carbocycles. The summed E-state index contributed by atoms with van der Waals surface area (Å²) in [6, 6.07) is -0.284. The molecule has 0 aromatic heterocycles. The fourth-order valence-electron chi connectivity index (χ4n) is 1.34. The van der Waals surface area contributed by atoms with Crippen molar-refractivity contribution in [3.63, 3.8) is 0 Å². The molecule has 0 bridgehead atoms. The van der Waals surface area contributed by atoms with Gasteiger partial charge in [-0.05, 0) is 19.8 Å². The van der Waals surface area contributed by atoms with Crippen LogP contribution in [0.1, 0.15) is 19.8 Å². The highest BCUT2D eigenvalue weighted by molar-refractivity contribution is 7.92. The number of sulfone groups is 1. The lowest BCUT2D eigenvalue weighted by atomic mass is 10.1. The summed E-state index contributed by atoms with van der Waals surface area (Å²) < 4.78 is 22.4. The summed E-state index contributed by atoms with van der Waals surface area (Å²) in [7, 11) is -2.95. The predicted octanol–water partition coefficient (Wildman–Crippen LogP) is -0.0691. The summed E-state index contributed by atoms with van der Waals surface area (Å²) in [5.74, 6) is 0.256. The van der Waals surface area contributed by atoms with Gasteiger partial charge in [0.25, 0.3) is 0 Å². The van der Waals surface area contributed by atoms with Crippen LogP contribution in [0, 0.1) is 0 Å². The lowest BCUT2D eigenvalue weighted by molar-refractivity contribution is 0.118. The van der Waals surface area contributed by atoms with E-state index in [2.05, 4.69) is 0 Å². The first-order valence-electron chi connectivity index (χ1n) is 3.69. The zero-order chi connectivity index (χ0) is 8.48. The van der Waals surface area contributed by atoms with E-state index in [0.29, 0.717) is 6.42 Å². The molecule has 0 aromatic carbocycles. The molecule has 1 saturated heterocycles. The van der Waals surface area contributed by atoms with Crippen LogP contribution in [0.2, 0.25) is 0 Å². The van der Waals surface area contributed by atoms with Crippen LogP contribution in [0.5, 0.6) is 0 Å². The third-order valence-electron chi connectivity index (χ3n) is 2.24. The summed E-state index contributed by atoms with van der Waals surface area (Å²) >= 11 is 0. The minimum Gasteiger partial charge on any atom is -0.317 e. The minimum absolute atomic E-state index is 0.256. The van der Waals surface area contributed by atoms with E-state index in [9.17, 15) is 8.42 Å². The van der Waals surface area contributed by atoms with Gasteiger partial charge in [0.15, 0.2) is 9.84 Å². The van der Waals surface area contributed by atoms with Crippen LogP contribution in [-0.2, 0) is 9.84 Å². The van der Waals surface area contributed by atoms with Gasteiger partial charge in [-0.25, -0.2) is 13.9 Å². The molecule has 1 aliphatic heterocycles. The Bertz CT molecular complexity index is 224. The van der Waals surface area contributed by atoms with Crippen molar-refractivity contribution in [1.29, 1.82) is 0 Å². The van der Waals surface area contributed by atoms with E-state index in [1.807, 2.05) is 5.48 Å². The fraction of sp³-hybridized carbons (Fsp3) is 1.00. The largest absolute Gasteiger partial charge is 0.317 e. The summed E-state index contributed by atoms with van der Waals surface area (Å²) in [5.41, 5.74) is 2.03. The lowest BCUT2D eigenvalue weighted by Gasteiger charge is -2.26. The van der Waals surface area contributed by atoms with Crippen LogP contribution in [0.4, 0.5) is 0 Å². The standard InChI is InChI=1S/C6H13NO3S/c1-5-6(7-8)3-2-4-11(5,9)10/h5-8H,2-4H2,1H3. The van der Waals surface area contributed by atoms with Gasteiger partial charge >= 0.3 is 0 Å². The van der Waals surface area contributed by atoms with E-state index in [4.69, 9.17) is 5.21 Å². The Morgan fingerprint density at radius 2 is 2.18 bits per heavy atom. The molecule has 0 aliphatic carbocycles. The van der Waals surface area contributed by atoms with Crippen LogP contribution < -0.4 is 5.48 Å². The van der Waals surface area contributed by atoms with Gasteiger partial charge in [-0.1, -0.05) is 0 Å². The lowest BCUT2D eigenvalue weighted by Crippen LogP contribution is -2.45. The molecule has 5 heteroatoms. The number of hydrogen-bond acceptors (Lipinski definition) is 4. The SMILES string of the molecule is CC1C(NO)CCCS1(=O)=O. The molecule has 1 fully saturated rings. The maximum Gasteiger partial charge on any atom is 0.154 e. The predicted molar refractivity (Wildman–Crippen MR) is 41.2 cm³/mol. The van der Waals surface area contributed by atoms with Crippen molar-refractivity contribution in [2.75, 3.05) is 5.75 Å². The summed E-state index contributed by atoms with van der Waals surface area (Å²) in [5, 5.41) is 8.12. The van der Waals surface area contributed by atoms with Crippen LogP contribution in [0.25, 0.3) is 0 Å². The number of rotatable bonds is 1. The minimum atomic E-state index is -2.95. The van der Waals surface area contributed by atoms with Gasteiger partial charge in [-0.3, -0.25) is 0 Å². The average Bonchev–Trinajstić information content (AvgIpc) is 1.95. The molecule has 1 heterocycles. The highest BCUT2D eigenvalue weighted by Gasteiger charge is 2.32. The Hall–Kier alpha value is -0.130.